The van der Waals surface area contributed by atoms with Crippen molar-refractivity contribution >= 4 is 41.6 Å². The summed E-state index contributed by atoms with van der Waals surface area (Å²) in [6.07, 6.45) is -3.15. The number of hydrogen-bond acceptors (Lipinski definition) is 19. The van der Waals surface area contributed by atoms with Crippen LogP contribution in [-0.2, 0) is 33.4 Å². The summed E-state index contributed by atoms with van der Waals surface area (Å²) >= 11 is 0. The molecule has 3 rings (SSSR count). The average molecular weight is 887 g/mol. The normalized spacial score (nSPS) is 26.3. The monoisotopic (exact) mass is 887 g/mol. The summed E-state index contributed by atoms with van der Waals surface area (Å²) in [6, 6.07) is -4.69. The van der Waals surface area contributed by atoms with Crippen LogP contribution < -0.4 is 71.6 Å². The van der Waals surface area contributed by atoms with Crippen molar-refractivity contribution in [1.29, 1.82) is 0 Å². The van der Waals surface area contributed by atoms with Gasteiger partial charge in [0.2, 0.25) is 29.5 Å². The van der Waals surface area contributed by atoms with Crippen molar-refractivity contribution in [2.75, 3.05) is 39.3 Å². The summed E-state index contributed by atoms with van der Waals surface area (Å²) < 4.78 is 10.9. The lowest BCUT2D eigenvalue weighted by atomic mass is 9.95. The molecule has 25 nitrogen and oxygen atoms in total. The number of fused-ring (bicyclic) bond motifs is 1. The number of aliphatic hydroxyl groups excluding tert-OH is 3. The number of aliphatic imine (C=N–C) groups is 1. The van der Waals surface area contributed by atoms with E-state index in [4.69, 9.17) is 43.9 Å². The zero-order chi connectivity index (χ0) is 45.8. The molecule has 3 aliphatic rings. The van der Waals surface area contributed by atoms with Gasteiger partial charge in [-0.2, -0.15) is 0 Å². The lowest BCUT2D eigenvalue weighted by Crippen LogP contribution is -2.70. The molecule has 62 heavy (non-hydrogen) atoms. The summed E-state index contributed by atoms with van der Waals surface area (Å²) in [5.41, 5.74) is 35.0. The second-order valence-corrected chi connectivity index (χ2v) is 16.1. The van der Waals surface area contributed by atoms with Gasteiger partial charge in [0.25, 0.3) is 0 Å². The van der Waals surface area contributed by atoms with Gasteiger partial charge in [-0.15, -0.1) is 0 Å². The molecule has 3 aliphatic heterocycles. The Balaban J connectivity index is 1.31. The van der Waals surface area contributed by atoms with Crippen LogP contribution in [0.15, 0.2) is 4.99 Å². The molecule has 0 aromatic heterocycles. The van der Waals surface area contributed by atoms with Gasteiger partial charge in [-0.1, -0.05) is 0 Å². The first kappa shape index (κ1) is 51.9. The summed E-state index contributed by atoms with van der Waals surface area (Å²) in [6.45, 7) is 0.932. The third-order valence-corrected chi connectivity index (χ3v) is 10.6. The number of amides is 6. The van der Waals surface area contributed by atoms with Crippen molar-refractivity contribution in [2.24, 2.45) is 39.4 Å². The number of aliphatic hydroxyl groups is 3. The number of piperidine rings is 1. The molecule has 0 spiro atoms. The second kappa shape index (κ2) is 26.9. The first-order chi connectivity index (χ1) is 29.5. The highest BCUT2D eigenvalue weighted by molar-refractivity contribution is 5.92. The molecule has 2 fully saturated rings. The van der Waals surface area contributed by atoms with E-state index in [9.17, 15) is 44.1 Å². The molecule has 6 amide bonds. The van der Waals surface area contributed by atoms with Gasteiger partial charge in [0.05, 0.1) is 18.8 Å². The van der Waals surface area contributed by atoms with Gasteiger partial charge >= 0.3 is 6.09 Å². The fourth-order valence-electron chi connectivity index (χ4n) is 7.32. The number of hydrogen-bond donors (Lipinski definition) is 16. The minimum atomic E-state index is -1.64. The number of guanidine groups is 1. The lowest BCUT2D eigenvalue weighted by molar-refractivity contribution is -0.198. The van der Waals surface area contributed by atoms with Crippen LogP contribution >= 0.6 is 0 Å². The number of carbonyl (C=O) groups excluding carboxylic acids is 6. The molecule has 0 bridgehead atoms. The van der Waals surface area contributed by atoms with Crippen LogP contribution in [0.1, 0.15) is 77.0 Å². The number of β-amino-alcohol motifs (C(OH)–C–C–N with tert-alkyl or cyclic N) is 1. The number of carbonyl (C=O) groups is 6. The first-order valence-corrected chi connectivity index (χ1v) is 21.3. The molecule has 0 aliphatic carbocycles. The summed E-state index contributed by atoms with van der Waals surface area (Å²) in [5.74, 6) is -1.59. The zero-order valence-corrected chi connectivity index (χ0v) is 35.2. The molecule has 9 unspecified atom stereocenters. The van der Waals surface area contributed by atoms with E-state index in [1.165, 1.54) is 0 Å². The Bertz CT molecular complexity index is 1500. The van der Waals surface area contributed by atoms with E-state index < -0.39 is 85.4 Å². The number of primary amides is 1. The smallest absolute Gasteiger partial charge is 0.404 e. The van der Waals surface area contributed by atoms with E-state index in [0.29, 0.717) is 64.6 Å². The molecule has 0 aromatic carbocycles. The number of ether oxygens (including phenoxy) is 2. The zero-order valence-electron chi connectivity index (χ0n) is 35.2. The van der Waals surface area contributed by atoms with Crippen LogP contribution in [0.4, 0.5) is 4.79 Å². The van der Waals surface area contributed by atoms with Crippen molar-refractivity contribution in [2.45, 2.75) is 150 Å². The molecule has 0 radical (unpaired) electrons. The van der Waals surface area contributed by atoms with Crippen LogP contribution in [0.2, 0.25) is 0 Å². The Morgan fingerprint density at radius 3 is 1.73 bits per heavy atom. The van der Waals surface area contributed by atoms with Gasteiger partial charge in [0, 0.05) is 76.0 Å². The Morgan fingerprint density at radius 1 is 0.790 bits per heavy atom. The Labute approximate surface area is 360 Å². The molecule has 0 saturated carbocycles. The van der Waals surface area contributed by atoms with Crippen LogP contribution in [0.3, 0.4) is 0 Å². The Hall–Kier alpha value is -4.47. The minimum absolute atomic E-state index is 0.00971. The number of nitrogens with two attached hydrogens (primary N) is 6. The van der Waals surface area contributed by atoms with Crippen LogP contribution in [0.5, 0.6) is 0 Å². The molecule has 0 aromatic rings. The van der Waals surface area contributed by atoms with Gasteiger partial charge in [-0.3, -0.25) is 24.0 Å². The Kier molecular flexibility index (Phi) is 22.5. The van der Waals surface area contributed by atoms with E-state index in [0.717, 1.165) is 6.42 Å². The molecule has 22 N–H and O–H groups in total. The maximum absolute atomic E-state index is 13.2. The molecule has 3 heterocycles. The molecular formula is C37H70N14O11. The molecule has 2 saturated heterocycles. The highest BCUT2D eigenvalue weighted by atomic mass is 16.6. The minimum Gasteiger partial charge on any atom is -0.441 e. The Morgan fingerprint density at radius 2 is 1.27 bits per heavy atom. The van der Waals surface area contributed by atoms with Gasteiger partial charge in [-0.05, 0) is 57.9 Å². The number of rotatable bonds is 27. The molecular weight excluding hydrogens is 816 g/mol. The maximum atomic E-state index is 13.2. The van der Waals surface area contributed by atoms with Crippen molar-refractivity contribution in [3.05, 3.63) is 0 Å². The topological polar surface area (TPSA) is 434 Å². The summed E-state index contributed by atoms with van der Waals surface area (Å²) in [5, 5.41) is 50.8. The van der Waals surface area contributed by atoms with Gasteiger partial charge < -0.3 is 96.4 Å². The van der Waals surface area contributed by atoms with E-state index in [2.05, 4.69) is 42.2 Å². The SMILES string of the molecule is NCCCC(N)CC(=O)NCCCC(N)CC(=O)NCCCC(N)CC(=O)NCCCC(N)CC(=O)NC1C(NC2=N[C@@H]3C(=O)NC[C@@H](O)[C@H]3N2)OC(CO)C(OC(N)=O)C1O. The standard InChI is InChI=1S/C37H70N14O11/c38-9-1-5-19(39)13-25(54)44-10-2-6-20(40)14-26(55)45-11-3-7-21(41)15-27(56)46-12-4-8-22(42)16-28(57)48-31-32(58)33(62-36(43)60)24(18-52)61-35(31)51-37-49-29-23(53)17-47-34(59)30(29)50-37/h19-24,29-33,35,52-53,58H,1-18,38-42H2,(H2,43,60)(H,44,54)(H,45,55)(H,46,56)(H,47,59)(H,48,57)(H2,49,50,51)/t19?,20?,21?,22?,23-,24?,29-,30+,31?,32?,33?,35?/m1/s1. The fraction of sp³-hybridized carbons (Fsp3) is 0.811. The van der Waals surface area contributed by atoms with Crippen LogP contribution in [0.25, 0.3) is 0 Å². The number of nitrogens with one attached hydrogen (secondary N) is 7. The van der Waals surface area contributed by atoms with Crippen molar-refractivity contribution in [3.63, 3.8) is 0 Å². The number of nitrogens with zero attached hydrogens (tertiary/aromatic N) is 1. The van der Waals surface area contributed by atoms with Crippen molar-refractivity contribution in [1.82, 2.24) is 37.2 Å². The molecule has 12 atom stereocenters. The first-order valence-electron chi connectivity index (χ1n) is 21.3. The third-order valence-electron chi connectivity index (χ3n) is 10.6. The predicted octanol–water partition coefficient (Wildman–Crippen LogP) is -6.91. The average Bonchev–Trinajstić information content (AvgIpc) is 3.64. The van der Waals surface area contributed by atoms with E-state index in [1.807, 2.05) is 0 Å². The largest absolute Gasteiger partial charge is 0.441 e. The molecule has 25 heteroatoms. The molecule has 354 valence electrons. The highest BCUT2D eigenvalue weighted by Gasteiger charge is 2.49. The van der Waals surface area contributed by atoms with Gasteiger partial charge in [0.15, 0.2) is 24.3 Å². The third kappa shape index (κ3) is 18.1. The van der Waals surface area contributed by atoms with E-state index >= 15 is 0 Å². The predicted molar refractivity (Wildman–Crippen MR) is 224 cm³/mol. The lowest BCUT2D eigenvalue weighted by Gasteiger charge is -2.44. The van der Waals surface area contributed by atoms with Gasteiger partial charge in [-0.25, -0.2) is 9.79 Å². The van der Waals surface area contributed by atoms with Crippen LogP contribution in [-0.4, -0.2) is 169 Å². The van der Waals surface area contributed by atoms with Crippen LogP contribution in [0, 0.1) is 0 Å². The van der Waals surface area contributed by atoms with Crippen molar-refractivity contribution < 1.29 is 53.6 Å². The highest BCUT2D eigenvalue weighted by Crippen LogP contribution is 2.24. The van der Waals surface area contributed by atoms with E-state index in [-0.39, 0.29) is 74.5 Å². The fourth-order valence-corrected chi connectivity index (χ4v) is 7.32. The quantitative estimate of drug-likeness (QED) is 0.0341. The van der Waals surface area contributed by atoms with Crippen molar-refractivity contribution in [3.8, 4) is 0 Å². The summed E-state index contributed by atoms with van der Waals surface area (Å²) in [7, 11) is 0. The summed E-state index contributed by atoms with van der Waals surface area (Å²) in [4.78, 5) is 78.0. The maximum Gasteiger partial charge on any atom is 0.404 e. The van der Waals surface area contributed by atoms with E-state index in [1.54, 1.807) is 0 Å². The van der Waals surface area contributed by atoms with Gasteiger partial charge in [0.1, 0.15) is 18.2 Å². The second-order valence-electron chi connectivity index (χ2n) is 16.1.